The lowest BCUT2D eigenvalue weighted by Crippen LogP contribution is -2.38. The van der Waals surface area contributed by atoms with Crippen LogP contribution in [0.5, 0.6) is 0 Å². The number of carboxylic acid groups (broad SMARTS) is 1. The van der Waals surface area contributed by atoms with Crippen LogP contribution in [0.4, 0.5) is 0 Å². The van der Waals surface area contributed by atoms with Gasteiger partial charge in [0.25, 0.3) is 0 Å². The number of rotatable bonds is 2. The number of hydrogen-bond acceptors (Lipinski definition) is 2. The van der Waals surface area contributed by atoms with E-state index in [0.717, 1.165) is 0 Å². The molecule has 0 amide bonds. The van der Waals surface area contributed by atoms with Crippen LogP contribution in [0, 0.1) is 5.92 Å². The standard InChI is InChI=1S/C8H9BrO3/c9-8(5-10)4-2-1-3-6(8)7(11)12/h1-4,6,10H,5H2,(H,11,12). The van der Waals surface area contributed by atoms with Crippen molar-refractivity contribution in [2.75, 3.05) is 6.61 Å². The topological polar surface area (TPSA) is 57.5 Å². The number of aliphatic hydroxyl groups excluding tert-OH is 1. The maximum atomic E-state index is 10.7. The van der Waals surface area contributed by atoms with Gasteiger partial charge in [0.05, 0.1) is 16.8 Å². The quantitative estimate of drug-likeness (QED) is 0.698. The Kier molecular flexibility index (Phi) is 2.69. The van der Waals surface area contributed by atoms with Crippen molar-refractivity contribution in [2.45, 2.75) is 4.32 Å². The van der Waals surface area contributed by atoms with Crippen molar-refractivity contribution in [1.29, 1.82) is 0 Å². The third-order valence-corrected chi connectivity index (χ3v) is 2.82. The molecule has 12 heavy (non-hydrogen) atoms. The van der Waals surface area contributed by atoms with Crippen LogP contribution in [-0.4, -0.2) is 27.1 Å². The second-order valence-corrected chi connectivity index (χ2v) is 4.12. The molecule has 0 radical (unpaired) electrons. The van der Waals surface area contributed by atoms with Crippen LogP contribution in [0.1, 0.15) is 0 Å². The summed E-state index contributed by atoms with van der Waals surface area (Å²) in [6.07, 6.45) is 6.57. The fourth-order valence-electron chi connectivity index (χ4n) is 1.09. The number of carboxylic acids is 1. The Labute approximate surface area is 78.5 Å². The summed E-state index contributed by atoms with van der Waals surface area (Å²) in [5, 5.41) is 17.8. The highest BCUT2D eigenvalue weighted by atomic mass is 79.9. The van der Waals surface area contributed by atoms with Crippen molar-refractivity contribution in [1.82, 2.24) is 0 Å². The molecule has 1 aliphatic carbocycles. The smallest absolute Gasteiger partial charge is 0.312 e. The lowest BCUT2D eigenvalue weighted by Gasteiger charge is -2.27. The molecule has 0 saturated carbocycles. The highest BCUT2D eigenvalue weighted by molar-refractivity contribution is 9.10. The number of aliphatic carboxylic acids is 1. The first-order chi connectivity index (χ1) is 5.60. The van der Waals surface area contributed by atoms with Gasteiger partial charge in [-0.25, -0.2) is 0 Å². The van der Waals surface area contributed by atoms with Gasteiger partial charge in [0, 0.05) is 0 Å². The lowest BCUT2D eigenvalue weighted by molar-refractivity contribution is -0.140. The molecule has 0 bridgehead atoms. The van der Waals surface area contributed by atoms with E-state index in [1.54, 1.807) is 24.3 Å². The van der Waals surface area contributed by atoms with Crippen LogP contribution in [0.15, 0.2) is 24.3 Å². The Hall–Kier alpha value is -0.610. The number of halogens is 1. The Morgan fingerprint density at radius 3 is 2.67 bits per heavy atom. The predicted octanol–water partition coefficient (Wildman–Crippen LogP) is 0.939. The van der Waals surface area contributed by atoms with Gasteiger partial charge in [-0.2, -0.15) is 0 Å². The monoisotopic (exact) mass is 232 g/mol. The summed E-state index contributed by atoms with van der Waals surface area (Å²) >= 11 is 3.19. The molecule has 0 aromatic carbocycles. The van der Waals surface area contributed by atoms with E-state index in [2.05, 4.69) is 15.9 Å². The molecular formula is C8H9BrO3. The van der Waals surface area contributed by atoms with Gasteiger partial charge in [0.15, 0.2) is 0 Å². The number of alkyl halides is 1. The van der Waals surface area contributed by atoms with Crippen LogP contribution >= 0.6 is 15.9 Å². The number of aliphatic hydroxyl groups is 1. The summed E-state index contributed by atoms with van der Waals surface area (Å²) in [6, 6.07) is 0. The summed E-state index contributed by atoms with van der Waals surface area (Å²) in [6.45, 7) is -0.231. The van der Waals surface area contributed by atoms with Crippen molar-refractivity contribution < 1.29 is 15.0 Å². The van der Waals surface area contributed by atoms with Gasteiger partial charge in [-0.3, -0.25) is 4.79 Å². The molecule has 2 N–H and O–H groups in total. The molecule has 0 aliphatic heterocycles. The third-order valence-electron chi connectivity index (χ3n) is 1.81. The van der Waals surface area contributed by atoms with E-state index in [0.29, 0.717) is 0 Å². The van der Waals surface area contributed by atoms with Crippen molar-refractivity contribution in [3.05, 3.63) is 24.3 Å². The molecule has 0 spiro atoms. The van der Waals surface area contributed by atoms with E-state index in [4.69, 9.17) is 10.2 Å². The fourth-order valence-corrected chi connectivity index (χ4v) is 1.59. The molecule has 2 atom stereocenters. The molecule has 0 saturated heterocycles. The minimum absolute atomic E-state index is 0.231. The lowest BCUT2D eigenvalue weighted by atomic mass is 9.89. The van der Waals surface area contributed by atoms with E-state index in [-0.39, 0.29) is 6.61 Å². The SMILES string of the molecule is O=C(O)C1C=CC=CC1(Br)CO. The van der Waals surface area contributed by atoms with Gasteiger partial charge in [-0.05, 0) is 0 Å². The molecule has 0 heterocycles. The summed E-state index contributed by atoms with van der Waals surface area (Å²) in [7, 11) is 0. The van der Waals surface area contributed by atoms with Crippen molar-refractivity contribution >= 4 is 21.9 Å². The largest absolute Gasteiger partial charge is 0.481 e. The zero-order valence-corrected chi connectivity index (χ0v) is 7.86. The summed E-state index contributed by atoms with van der Waals surface area (Å²) in [5.74, 6) is -1.64. The number of carbonyl (C=O) groups is 1. The van der Waals surface area contributed by atoms with Gasteiger partial charge < -0.3 is 10.2 Å². The first-order valence-corrected chi connectivity index (χ1v) is 4.28. The normalized spacial score (nSPS) is 33.7. The van der Waals surface area contributed by atoms with E-state index in [1.807, 2.05) is 0 Å². The van der Waals surface area contributed by atoms with Gasteiger partial charge in [-0.1, -0.05) is 40.2 Å². The Bertz CT molecular complexity index is 247. The van der Waals surface area contributed by atoms with E-state index in [1.165, 1.54) is 0 Å². The first-order valence-electron chi connectivity index (χ1n) is 3.49. The summed E-state index contributed by atoms with van der Waals surface area (Å²) in [4.78, 5) is 10.7. The van der Waals surface area contributed by atoms with Crippen molar-refractivity contribution in [3.8, 4) is 0 Å². The zero-order valence-electron chi connectivity index (χ0n) is 6.27. The van der Waals surface area contributed by atoms with Crippen LogP contribution in [0.25, 0.3) is 0 Å². The third kappa shape index (κ3) is 1.59. The fraction of sp³-hybridized carbons (Fsp3) is 0.375. The van der Waals surface area contributed by atoms with Crippen molar-refractivity contribution in [2.24, 2.45) is 5.92 Å². The zero-order chi connectivity index (χ0) is 9.19. The van der Waals surface area contributed by atoms with E-state index in [9.17, 15) is 4.79 Å². The second-order valence-electron chi connectivity index (χ2n) is 2.64. The summed E-state index contributed by atoms with van der Waals surface area (Å²) in [5.41, 5.74) is 0. The van der Waals surface area contributed by atoms with Gasteiger partial charge in [0.1, 0.15) is 0 Å². The number of hydrogen-bond donors (Lipinski definition) is 2. The minimum atomic E-state index is -0.943. The second kappa shape index (κ2) is 3.41. The molecule has 1 rings (SSSR count). The summed E-state index contributed by atoms with van der Waals surface area (Å²) < 4.78 is -0.840. The average molecular weight is 233 g/mol. The molecule has 0 aromatic heterocycles. The molecule has 0 aromatic rings. The van der Waals surface area contributed by atoms with Gasteiger partial charge in [0.2, 0.25) is 0 Å². The average Bonchev–Trinajstić information content (AvgIpc) is 2.05. The van der Waals surface area contributed by atoms with Gasteiger partial charge >= 0.3 is 5.97 Å². The highest BCUT2D eigenvalue weighted by Crippen LogP contribution is 2.32. The first kappa shape index (κ1) is 9.48. The minimum Gasteiger partial charge on any atom is -0.481 e. The highest BCUT2D eigenvalue weighted by Gasteiger charge is 2.37. The van der Waals surface area contributed by atoms with Crippen LogP contribution < -0.4 is 0 Å². The Balaban J connectivity index is 2.92. The van der Waals surface area contributed by atoms with Crippen molar-refractivity contribution in [3.63, 3.8) is 0 Å². The van der Waals surface area contributed by atoms with Crippen LogP contribution in [0.2, 0.25) is 0 Å². The van der Waals surface area contributed by atoms with E-state index < -0.39 is 16.2 Å². The molecule has 0 fully saturated rings. The molecule has 66 valence electrons. The van der Waals surface area contributed by atoms with Crippen LogP contribution in [0.3, 0.4) is 0 Å². The predicted molar refractivity (Wildman–Crippen MR) is 48.1 cm³/mol. The Morgan fingerprint density at radius 2 is 2.25 bits per heavy atom. The Morgan fingerprint density at radius 1 is 1.58 bits per heavy atom. The van der Waals surface area contributed by atoms with E-state index >= 15 is 0 Å². The number of allylic oxidation sites excluding steroid dienone is 2. The molecule has 3 nitrogen and oxygen atoms in total. The van der Waals surface area contributed by atoms with Crippen LogP contribution in [-0.2, 0) is 4.79 Å². The maximum Gasteiger partial charge on any atom is 0.312 e. The molecule has 4 heteroatoms. The molecule has 2 unspecified atom stereocenters. The molecular weight excluding hydrogens is 224 g/mol. The van der Waals surface area contributed by atoms with Gasteiger partial charge in [-0.15, -0.1) is 0 Å². The maximum absolute atomic E-state index is 10.7. The molecule has 1 aliphatic rings.